The van der Waals surface area contributed by atoms with E-state index in [0.29, 0.717) is 11.6 Å². The van der Waals surface area contributed by atoms with Crippen molar-refractivity contribution in [3.8, 4) is 5.75 Å². The lowest BCUT2D eigenvalue weighted by molar-refractivity contribution is 0.323. The summed E-state index contributed by atoms with van der Waals surface area (Å²) in [4.78, 5) is 2.37. The molecule has 0 atom stereocenters. The fraction of sp³-hybridized carbons (Fsp3) is 0.333. The number of hydrogen-bond donors (Lipinski definition) is 0. The third-order valence-electron chi connectivity index (χ3n) is 3.33. The Morgan fingerprint density at radius 3 is 2.52 bits per heavy atom. The first-order chi connectivity index (χ1) is 10.3. The summed E-state index contributed by atoms with van der Waals surface area (Å²) in [5, 5.41) is 0.707. The molecule has 0 aliphatic rings. The van der Waals surface area contributed by atoms with Crippen molar-refractivity contribution in [2.75, 3.05) is 24.6 Å². The van der Waals surface area contributed by atoms with Gasteiger partial charge in [0.1, 0.15) is 12.4 Å². The van der Waals surface area contributed by atoms with Gasteiger partial charge in [-0.25, -0.2) is 0 Å². The highest BCUT2D eigenvalue weighted by Crippen LogP contribution is 2.18. The van der Waals surface area contributed by atoms with Crippen molar-refractivity contribution in [2.24, 2.45) is 0 Å². The topological polar surface area (TPSA) is 12.5 Å². The lowest BCUT2D eigenvalue weighted by atomic mass is 10.2. The number of anilines is 1. The molecule has 0 bridgehead atoms. The number of rotatable bonds is 8. The van der Waals surface area contributed by atoms with Crippen molar-refractivity contribution in [3.63, 3.8) is 0 Å². The zero-order valence-electron chi connectivity index (χ0n) is 12.5. The van der Waals surface area contributed by atoms with Gasteiger partial charge in [0.2, 0.25) is 0 Å². The van der Waals surface area contributed by atoms with E-state index in [1.165, 1.54) is 18.5 Å². The molecule has 2 rings (SSSR count). The molecule has 0 aliphatic heterocycles. The average Bonchev–Trinajstić information content (AvgIpc) is 2.51. The van der Waals surface area contributed by atoms with Crippen LogP contribution in [0.1, 0.15) is 19.8 Å². The molecule has 112 valence electrons. The molecule has 0 saturated carbocycles. The fourth-order valence-corrected chi connectivity index (χ4v) is 2.37. The van der Waals surface area contributed by atoms with Crippen LogP contribution in [0.2, 0.25) is 5.02 Å². The molecule has 2 aromatic carbocycles. The fourth-order valence-electron chi connectivity index (χ4n) is 2.19. The van der Waals surface area contributed by atoms with E-state index in [1.54, 1.807) is 0 Å². The highest BCUT2D eigenvalue weighted by Gasteiger charge is 2.05. The Morgan fingerprint density at radius 1 is 1.00 bits per heavy atom. The van der Waals surface area contributed by atoms with Gasteiger partial charge in [-0.05, 0) is 36.8 Å². The summed E-state index contributed by atoms with van der Waals surface area (Å²) in [5.74, 6) is 0.825. The molecule has 0 N–H and O–H groups in total. The molecule has 2 aromatic rings. The second-order valence-electron chi connectivity index (χ2n) is 4.98. The van der Waals surface area contributed by atoms with Gasteiger partial charge in [0.15, 0.2) is 0 Å². The van der Waals surface area contributed by atoms with Crippen molar-refractivity contribution >= 4 is 17.3 Å². The lowest BCUT2D eigenvalue weighted by Gasteiger charge is -2.24. The van der Waals surface area contributed by atoms with Crippen LogP contribution in [0.4, 0.5) is 5.69 Å². The minimum atomic E-state index is 0.652. The summed E-state index contributed by atoms with van der Waals surface area (Å²) < 4.78 is 5.79. The van der Waals surface area contributed by atoms with E-state index in [-0.39, 0.29) is 0 Å². The van der Waals surface area contributed by atoms with Gasteiger partial charge in [-0.2, -0.15) is 0 Å². The number of benzene rings is 2. The van der Waals surface area contributed by atoms with Crippen molar-refractivity contribution in [1.82, 2.24) is 0 Å². The lowest BCUT2D eigenvalue weighted by Crippen LogP contribution is -2.29. The zero-order valence-corrected chi connectivity index (χ0v) is 13.2. The Balaban J connectivity index is 1.90. The molecule has 0 heterocycles. The molecule has 0 spiro atoms. The van der Waals surface area contributed by atoms with Gasteiger partial charge in [-0.1, -0.05) is 49.2 Å². The molecule has 0 amide bonds. The summed E-state index contributed by atoms with van der Waals surface area (Å²) in [6.45, 7) is 4.79. The van der Waals surface area contributed by atoms with Crippen LogP contribution in [0.3, 0.4) is 0 Å². The van der Waals surface area contributed by atoms with Gasteiger partial charge in [-0.3, -0.25) is 0 Å². The van der Waals surface area contributed by atoms with Crippen LogP contribution in [0.5, 0.6) is 5.75 Å². The molecular weight excluding hydrogens is 282 g/mol. The van der Waals surface area contributed by atoms with Crippen LogP contribution in [0, 0.1) is 0 Å². The summed E-state index contributed by atoms with van der Waals surface area (Å²) in [6, 6.07) is 18.0. The summed E-state index contributed by atoms with van der Waals surface area (Å²) >= 11 is 5.96. The third kappa shape index (κ3) is 5.31. The van der Waals surface area contributed by atoms with Crippen LogP contribution in [-0.2, 0) is 0 Å². The number of ether oxygens (including phenoxy) is 1. The quantitative estimate of drug-likeness (QED) is 0.678. The predicted octanol–water partition coefficient (Wildman–Crippen LogP) is 5.03. The minimum absolute atomic E-state index is 0.652. The first-order valence-corrected chi connectivity index (χ1v) is 7.85. The van der Waals surface area contributed by atoms with Gasteiger partial charge in [0.25, 0.3) is 0 Å². The summed E-state index contributed by atoms with van der Waals surface area (Å²) in [6.07, 6.45) is 2.38. The highest BCUT2D eigenvalue weighted by atomic mass is 35.5. The second kappa shape index (κ2) is 8.58. The molecule has 0 radical (unpaired) electrons. The molecule has 0 saturated heterocycles. The van der Waals surface area contributed by atoms with Crippen molar-refractivity contribution < 1.29 is 4.74 Å². The Hall–Kier alpha value is -1.67. The molecule has 0 unspecified atom stereocenters. The molecular formula is C18H22ClNO. The largest absolute Gasteiger partial charge is 0.492 e. The number of halogens is 1. The average molecular weight is 304 g/mol. The maximum absolute atomic E-state index is 5.96. The Bertz CT molecular complexity index is 530. The monoisotopic (exact) mass is 303 g/mol. The van der Waals surface area contributed by atoms with E-state index < -0.39 is 0 Å². The van der Waals surface area contributed by atoms with Crippen LogP contribution in [0.15, 0.2) is 54.6 Å². The van der Waals surface area contributed by atoms with Gasteiger partial charge in [-0.15, -0.1) is 0 Å². The predicted molar refractivity (Wildman–Crippen MR) is 90.5 cm³/mol. The Kier molecular flexibility index (Phi) is 6.42. The maximum Gasteiger partial charge on any atom is 0.120 e. The molecule has 0 aliphatic carbocycles. The molecule has 21 heavy (non-hydrogen) atoms. The van der Waals surface area contributed by atoms with E-state index in [4.69, 9.17) is 16.3 Å². The maximum atomic E-state index is 5.96. The SMILES string of the molecule is CCCCN(CCOc1cccc(Cl)c1)c1ccccc1. The second-order valence-corrected chi connectivity index (χ2v) is 5.42. The van der Waals surface area contributed by atoms with Crippen LogP contribution in [-0.4, -0.2) is 19.7 Å². The zero-order chi connectivity index (χ0) is 14.9. The highest BCUT2D eigenvalue weighted by molar-refractivity contribution is 6.30. The van der Waals surface area contributed by atoms with E-state index >= 15 is 0 Å². The van der Waals surface area contributed by atoms with Crippen molar-refractivity contribution in [2.45, 2.75) is 19.8 Å². The van der Waals surface area contributed by atoms with Crippen molar-refractivity contribution in [3.05, 3.63) is 59.6 Å². The standard InChI is InChI=1S/C18H22ClNO/c1-2-3-12-20(17-9-5-4-6-10-17)13-14-21-18-11-7-8-16(19)15-18/h4-11,15H,2-3,12-14H2,1H3. The van der Waals surface area contributed by atoms with Crippen LogP contribution < -0.4 is 9.64 Å². The van der Waals surface area contributed by atoms with Crippen LogP contribution in [0.25, 0.3) is 0 Å². The number of unbranched alkanes of at least 4 members (excludes halogenated alkanes) is 1. The van der Waals surface area contributed by atoms with E-state index in [2.05, 4.69) is 36.1 Å². The molecule has 3 heteroatoms. The Morgan fingerprint density at radius 2 is 1.81 bits per heavy atom. The normalized spacial score (nSPS) is 10.4. The van der Waals surface area contributed by atoms with Gasteiger partial charge >= 0.3 is 0 Å². The molecule has 0 aromatic heterocycles. The number of para-hydroxylation sites is 1. The van der Waals surface area contributed by atoms with Crippen LogP contribution >= 0.6 is 11.6 Å². The van der Waals surface area contributed by atoms with E-state index in [9.17, 15) is 0 Å². The van der Waals surface area contributed by atoms with Crippen molar-refractivity contribution in [1.29, 1.82) is 0 Å². The number of hydrogen-bond acceptors (Lipinski definition) is 2. The molecule has 0 fully saturated rings. The van der Waals surface area contributed by atoms with Gasteiger partial charge < -0.3 is 9.64 Å². The smallest absolute Gasteiger partial charge is 0.120 e. The number of nitrogens with zero attached hydrogens (tertiary/aromatic N) is 1. The van der Waals surface area contributed by atoms with E-state index in [0.717, 1.165) is 18.8 Å². The first-order valence-electron chi connectivity index (χ1n) is 7.48. The van der Waals surface area contributed by atoms with Gasteiger partial charge in [0.05, 0.1) is 6.54 Å². The Labute approximate surface area is 132 Å². The first kappa shape index (κ1) is 15.7. The summed E-state index contributed by atoms with van der Waals surface area (Å²) in [7, 11) is 0. The van der Waals surface area contributed by atoms with Gasteiger partial charge in [0, 0.05) is 17.3 Å². The third-order valence-corrected chi connectivity index (χ3v) is 3.56. The minimum Gasteiger partial charge on any atom is -0.492 e. The summed E-state index contributed by atoms with van der Waals surface area (Å²) in [5.41, 5.74) is 1.25. The molecule has 2 nitrogen and oxygen atoms in total. The van der Waals surface area contributed by atoms with E-state index in [1.807, 2.05) is 30.3 Å².